The molecule has 1 aromatic heterocycles. The van der Waals surface area contributed by atoms with E-state index in [1.165, 1.54) is 25.0 Å². The van der Waals surface area contributed by atoms with Gasteiger partial charge in [0.1, 0.15) is 17.2 Å². The fourth-order valence-electron chi connectivity index (χ4n) is 3.51. The van der Waals surface area contributed by atoms with Gasteiger partial charge in [0.2, 0.25) is 5.95 Å². The summed E-state index contributed by atoms with van der Waals surface area (Å²) in [4.78, 5) is 11.6. The summed E-state index contributed by atoms with van der Waals surface area (Å²) in [5, 5.41) is 11.3. The Kier molecular flexibility index (Phi) is 6.43. The number of hydrogen-bond acceptors (Lipinski definition) is 6. The molecule has 0 bridgehead atoms. The van der Waals surface area contributed by atoms with Crippen LogP contribution in [0.3, 0.4) is 0 Å². The van der Waals surface area contributed by atoms with E-state index < -0.39 is 5.82 Å². The van der Waals surface area contributed by atoms with Gasteiger partial charge >= 0.3 is 0 Å². The topological polar surface area (TPSA) is 65.1 Å². The van der Waals surface area contributed by atoms with Gasteiger partial charge in [-0.3, -0.25) is 0 Å². The van der Waals surface area contributed by atoms with Crippen LogP contribution in [0.5, 0.6) is 0 Å². The number of hydrogen-bond donors (Lipinski definition) is 3. The van der Waals surface area contributed by atoms with Crippen LogP contribution in [0.25, 0.3) is 10.9 Å². The minimum atomic E-state index is -0.459. The average Bonchev–Trinajstić information content (AvgIpc) is 3.56. The van der Waals surface area contributed by atoms with Crippen molar-refractivity contribution in [3.8, 4) is 0 Å². The minimum Gasteiger partial charge on any atom is -0.382 e. The van der Waals surface area contributed by atoms with Crippen LogP contribution in [0.15, 0.2) is 36.4 Å². The zero-order valence-electron chi connectivity index (χ0n) is 18.0. The van der Waals surface area contributed by atoms with Crippen molar-refractivity contribution < 1.29 is 4.39 Å². The van der Waals surface area contributed by atoms with Gasteiger partial charge in [0.15, 0.2) is 0 Å². The summed E-state index contributed by atoms with van der Waals surface area (Å²) < 4.78 is 13.6. The zero-order chi connectivity index (χ0) is 22.0. The fraction of sp³-hybridized carbons (Fsp3) is 0.391. The first-order chi connectivity index (χ1) is 14.9. The van der Waals surface area contributed by atoms with Crippen LogP contribution in [0.4, 0.5) is 27.5 Å². The monoisotopic (exact) mass is 442 g/mol. The Balaban J connectivity index is 1.70. The average molecular weight is 443 g/mol. The second kappa shape index (κ2) is 9.24. The summed E-state index contributed by atoms with van der Waals surface area (Å²) in [6.07, 6.45) is 2.49. The van der Waals surface area contributed by atoms with E-state index in [-0.39, 0.29) is 5.02 Å². The van der Waals surface area contributed by atoms with Crippen molar-refractivity contribution >= 4 is 45.6 Å². The molecule has 8 heteroatoms. The van der Waals surface area contributed by atoms with Crippen LogP contribution in [0.2, 0.25) is 5.02 Å². The Morgan fingerprint density at radius 1 is 1.19 bits per heavy atom. The Hall–Kier alpha value is -2.64. The molecule has 4 rings (SSSR count). The lowest BCUT2D eigenvalue weighted by Gasteiger charge is -2.18. The summed E-state index contributed by atoms with van der Waals surface area (Å²) in [7, 11) is 4.09. The number of nitrogens with one attached hydrogen (secondary N) is 3. The van der Waals surface area contributed by atoms with E-state index in [4.69, 9.17) is 21.6 Å². The van der Waals surface area contributed by atoms with Crippen LogP contribution in [0, 0.1) is 11.7 Å². The highest BCUT2D eigenvalue weighted by Crippen LogP contribution is 2.36. The van der Waals surface area contributed by atoms with Gasteiger partial charge in [-0.05, 0) is 70.1 Å². The molecule has 1 heterocycles. The van der Waals surface area contributed by atoms with Gasteiger partial charge in [-0.2, -0.15) is 4.98 Å². The predicted octanol–water partition coefficient (Wildman–Crippen LogP) is 5.35. The lowest BCUT2D eigenvalue weighted by Crippen LogP contribution is -2.21. The Bertz CT molecular complexity index is 1070. The number of fused-ring (bicyclic) bond motifs is 1. The van der Waals surface area contributed by atoms with Crippen LogP contribution >= 0.6 is 11.6 Å². The van der Waals surface area contributed by atoms with Crippen molar-refractivity contribution in [3.05, 3.63) is 47.2 Å². The number of halogens is 2. The third-order valence-corrected chi connectivity index (χ3v) is 5.76. The number of para-hydroxylation sites is 1. The summed E-state index contributed by atoms with van der Waals surface area (Å²) in [5.74, 6) is 1.44. The molecule has 164 valence electrons. The molecule has 6 nitrogen and oxygen atoms in total. The molecule has 1 atom stereocenters. The van der Waals surface area contributed by atoms with Gasteiger partial charge < -0.3 is 20.9 Å². The number of rotatable bonds is 9. The number of anilines is 4. The summed E-state index contributed by atoms with van der Waals surface area (Å²) >= 11 is 5.94. The molecule has 0 radical (unpaired) electrons. The number of aromatic nitrogens is 2. The number of benzene rings is 2. The molecule has 31 heavy (non-hydrogen) atoms. The third-order valence-electron chi connectivity index (χ3n) is 5.47. The third kappa shape index (κ3) is 5.35. The first-order valence-electron chi connectivity index (χ1n) is 10.6. The lowest BCUT2D eigenvalue weighted by atomic mass is 10.1. The standard InChI is InChI=1S/C23H28ClFN6/c1-14(15-7-8-15)27-22-17-5-4-6-20(26-11-12-31(2)3)21(17)29-23(30-22)28-16-9-10-19(25)18(24)13-16/h4-6,9-10,13-15,26H,7-8,11-12H2,1-3H3,(H2,27,28,29,30). The van der Waals surface area contributed by atoms with E-state index in [1.807, 2.05) is 32.3 Å². The molecule has 1 saturated carbocycles. The maximum atomic E-state index is 13.6. The normalized spacial score (nSPS) is 14.6. The van der Waals surface area contributed by atoms with E-state index in [0.717, 1.165) is 35.5 Å². The molecule has 0 amide bonds. The number of likely N-dealkylation sites (N-methyl/N-ethyl adjacent to an activating group) is 1. The quantitative estimate of drug-likeness (QED) is 0.415. The van der Waals surface area contributed by atoms with Crippen molar-refractivity contribution in [1.29, 1.82) is 0 Å². The van der Waals surface area contributed by atoms with Crippen molar-refractivity contribution in [2.24, 2.45) is 5.92 Å². The van der Waals surface area contributed by atoms with Gasteiger partial charge in [-0.25, -0.2) is 9.37 Å². The van der Waals surface area contributed by atoms with E-state index in [1.54, 1.807) is 6.07 Å². The van der Waals surface area contributed by atoms with Crippen LogP contribution in [-0.4, -0.2) is 48.1 Å². The van der Waals surface area contributed by atoms with Crippen LogP contribution in [0.1, 0.15) is 19.8 Å². The molecule has 3 N–H and O–H groups in total. The molecule has 1 fully saturated rings. The molecule has 0 spiro atoms. The van der Waals surface area contributed by atoms with Crippen molar-refractivity contribution in [2.75, 3.05) is 43.1 Å². The van der Waals surface area contributed by atoms with Crippen LogP contribution < -0.4 is 16.0 Å². The highest BCUT2D eigenvalue weighted by molar-refractivity contribution is 6.31. The molecular weight excluding hydrogens is 415 g/mol. The summed E-state index contributed by atoms with van der Waals surface area (Å²) in [6.45, 7) is 3.90. The molecule has 0 aliphatic heterocycles. The van der Waals surface area contributed by atoms with Crippen molar-refractivity contribution in [1.82, 2.24) is 14.9 Å². The van der Waals surface area contributed by atoms with Crippen LogP contribution in [-0.2, 0) is 0 Å². The molecular formula is C23H28ClFN6. The summed E-state index contributed by atoms with van der Waals surface area (Å²) in [6, 6.07) is 10.9. The van der Waals surface area contributed by atoms with Gasteiger partial charge in [0.25, 0.3) is 0 Å². The van der Waals surface area contributed by atoms with Gasteiger partial charge in [0, 0.05) is 30.2 Å². The molecule has 1 unspecified atom stereocenters. The highest BCUT2D eigenvalue weighted by atomic mass is 35.5. The molecule has 0 saturated heterocycles. The fourth-order valence-corrected chi connectivity index (χ4v) is 3.69. The highest BCUT2D eigenvalue weighted by Gasteiger charge is 2.28. The minimum absolute atomic E-state index is 0.0533. The smallest absolute Gasteiger partial charge is 0.229 e. The second-order valence-corrected chi connectivity index (χ2v) is 8.76. The lowest BCUT2D eigenvalue weighted by molar-refractivity contribution is 0.425. The zero-order valence-corrected chi connectivity index (χ0v) is 18.8. The Morgan fingerprint density at radius 2 is 2.00 bits per heavy atom. The van der Waals surface area contributed by atoms with Crippen molar-refractivity contribution in [3.63, 3.8) is 0 Å². The second-order valence-electron chi connectivity index (χ2n) is 8.35. The van der Waals surface area contributed by atoms with Gasteiger partial charge in [-0.15, -0.1) is 0 Å². The Labute approximate surface area is 187 Å². The molecule has 2 aromatic carbocycles. The van der Waals surface area contributed by atoms with Gasteiger partial charge in [0.05, 0.1) is 10.7 Å². The van der Waals surface area contributed by atoms with Crippen molar-refractivity contribution in [2.45, 2.75) is 25.8 Å². The number of nitrogens with zero attached hydrogens (tertiary/aromatic N) is 3. The summed E-state index contributed by atoms with van der Waals surface area (Å²) in [5.41, 5.74) is 2.41. The van der Waals surface area contributed by atoms with E-state index in [9.17, 15) is 4.39 Å². The maximum Gasteiger partial charge on any atom is 0.229 e. The Morgan fingerprint density at radius 3 is 2.71 bits per heavy atom. The SMILES string of the molecule is CC(Nc1nc(Nc2ccc(F)c(Cl)c2)nc2c(NCCN(C)C)cccc12)C1CC1. The van der Waals surface area contributed by atoms with E-state index in [0.29, 0.717) is 23.6 Å². The molecule has 3 aromatic rings. The maximum absolute atomic E-state index is 13.6. The first-order valence-corrected chi connectivity index (χ1v) is 11.0. The molecule has 1 aliphatic rings. The predicted molar refractivity (Wildman–Crippen MR) is 127 cm³/mol. The van der Waals surface area contributed by atoms with E-state index >= 15 is 0 Å². The van der Waals surface area contributed by atoms with Gasteiger partial charge in [-0.1, -0.05) is 17.7 Å². The van der Waals surface area contributed by atoms with E-state index in [2.05, 4.69) is 27.8 Å². The first kappa shape index (κ1) is 21.6. The largest absolute Gasteiger partial charge is 0.382 e. The molecule has 1 aliphatic carbocycles.